The minimum absolute atomic E-state index is 0.00867. The van der Waals surface area contributed by atoms with Gasteiger partial charge in [-0.15, -0.1) is 0 Å². The molecule has 0 bridgehead atoms. The van der Waals surface area contributed by atoms with E-state index in [4.69, 9.17) is 4.74 Å². The number of carbonyl (C=O) groups is 2. The molecule has 0 spiro atoms. The number of amides is 1. The van der Waals surface area contributed by atoms with Gasteiger partial charge in [-0.1, -0.05) is 345 Å². The molecule has 0 heterocycles. The van der Waals surface area contributed by atoms with Crippen molar-refractivity contribution in [2.75, 3.05) is 13.2 Å². The summed E-state index contributed by atoms with van der Waals surface area (Å²) in [7, 11) is 0. The molecule has 0 radical (unpaired) electrons. The van der Waals surface area contributed by atoms with Crippen molar-refractivity contribution in [1.29, 1.82) is 0 Å². The fourth-order valence-corrected chi connectivity index (χ4v) is 11.4. The van der Waals surface area contributed by atoms with E-state index >= 15 is 0 Å². The van der Waals surface area contributed by atoms with Crippen LogP contribution < -0.4 is 5.32 Å². The SMILES string of the molecule is CCCCCCCC/C=C\CCCCCCCCCC(=O)OCCCCCCCCCCC/C=C\C/C=C\CCCCCCCCCCCCCCCC(=O)NC(CO)C(O)/C=C/CCCCCCCCCCCCCCCCCCC. The Bertz CT molecular complexity index is 1370. The molecular weight excluding hydrogens is 1010 g/mol. The number of allylic oxidation sites excluding steroid dienone is 7. The highest BCUT2D eigenvalue weighted by Gasteiger charge is 2.18. The fourth-order valence-electron chi connectivity index (χ4n) is 11.4. The molecule has 0 aliphatic carbocycles. The van der Waals surface area contributed by atoms with E-state index in [1.165, 1.54) is 321 Å². The molecule has 0 aliphatic rings. The van der Waals surface area contributed by atoms with Gasteiger partial charge in [0.15, 0.2) is 0 Å². The lowest BCUT2D eigenvalue weighted by Gasteiger charge is -2.20. The molecule has 0 fully saturated rings. The Kier molecular flexibility index (Phi) is 69.4. The quantitative estimate of drug-likeness (QED) is 0.0320. The second-order valence-electron chi connectivity index (χ2n) is 25.3. The van der Waals surface area contributed by atoms with Crippen LogP contribution in [0.25, 0.3) is 0 Å². The Hall–Kier alpha value is -2.18. The molecule has 0 aromatic carbocycles. The molecule has 0 aromatic heterocycles. The smallest absolute Gasteiger partial charge is 0.305 e. The van der Waals surface area contributed by atoms with Gasteiger partial charge in [0.1, 0.15) is 0 Å². The third-order valence-corrected chi connectivity index (χ3v) is 17.1. The predicted octanol–water partition coefficient (Wildman–Crippen LogP) is 24.0. The molecule has 0 saturated heterocycles. The number of hydrogen-bond donors (Lipinski definition) is 3. The van der Waals surface area contributed by atoms with E-state index in [0.717, 1.165) is 51.4 Å². The third-order valence-electron chi connectivity index (χ3n) is 17.1. The van der Waals surface area contributed by atoms with Crippen LogP contribution in [0.15, 0.2) is 48.6 Å². The van der Waals surface area contributed by atoms with Gasteiger partial charge < -0.3 is 20.3 Å². The lowest BCUT2D eigenvalue weighted by molar-refractivity contribution is -0.143. The number of esters is 1. The Morgan fingerprint density at radius 1 is 0.341 bits per heavy atom. The van der Waals surface area contributed by atoms with Crippen molar-refractivity contribution in [3.8, 4) is 0 Å². The molecular formula is C76H143NO5. The molecule has 0 saturated carbocycles. The molecule has 0 rings (SSSR count). The van der Waals surface area contributed by atoms with Gasteiger partial charge in [0.2, 0.25) is 5.91 Å². The van der Waals surface area contributed by atoms with Gasteiger partial charge in [0.25, 0.3) is 0 Å². The summed E-state index contributed by atoms with van der Waals surface area (Å²) < 4.78 is 5.50. The number of rotatable bonds is 69. The van der Waals surface area contributed by atoms with E-state index in [-0.39, 0.29) is 18.5 Å². The lowest BCUT2D eigenvalue weighted by Crippen LogP contribution is -2.45. The maximum Gasteiger partial charge on any atom is 0.305 e. The van der Waals surface area contributed by atoms with Crippen LogP contribution >= 0.6 is 0 Å². The molecule has 0 aromatic rings. The van der Waals surface area contributed by atoms with Gasteiger partial charge in [-0.2, -0.15) is 0 Å². The molecule has 82 heavy (non-hydrogen) atoms. The van der Waals surface area contributed by atoms with Crippen molar-refractivity contribution >= 4 is 11.9 Å². The zero-order chi connectivity index (χ0) is 59.2. The van der Waals surface area contributed by atoms with E-state index in [1.807, 2.05) is 6.08 Å². The summed E-state index contributed by atoms with van der Waals surface area (Å²) in [6.07, 6.45) is 93.4. The van der Waals surface area contributed by atoms with Crippen LogP contribution in [0.1, 0.15) is 399 Å². The van der Waals surface area contributed by atoms with Crippen LogP contribution in [0.5, 0.6) is 0 Å². The van der Waals surface area contributed by atoms with Crippen LogP contribution in [0, 0.1) is 0 Å². The lowest BCUT2D eigenvalue weighted by atomic mass is 10.0. The maximum atomic E-state index is 12.5. The van der Waals surface area contributed by atoms with Crippen LogP contribution in [-0.2, 0) is 14.3 Å². The molecule has 6 heteroatoms. The zero-order valence-corrected chi connectivity index (χ0v) is 55.2. The maximum absolute atomic E-state index is 12.5. The first-order valence-electron chi connectivity index (χ1n) is 36.9. The van der Waals surface area contributed by atoms with Gasteiger partial charge in [0, 0.05) is 12.8 Å². The number of unbranched alkanes of at least 4 members (excludes halogenated alkanes) is 52. The van der Waals surface area contributed by atoms with Crippen molar-refractivity contribution < 1.29 is 24.5 Å². The van der Waals surface area contributed by atoms with E-state index in [9.17, 15) is 19.8 Å². The summed E-state index contributed by atoms with van der Waals surface area (Å²) in [4.78, 5) is 24.6. The number of ether oxygens (including phenoxy) is 1. The Balaban J connectivity index is 3.42. The summed E-state index contributed by atoms with van der Waals surface area (Å²) in [5, 5.41) is 23.2. The molecule has 6 nitrogen and oxygen atoms in total. The van der Waals surface area contributed by atoms with Crippen LogP contribution in [0.2, 0.25) is 0 Å². The number of carbonyl (C=O) groups excluding carboxylic acids is 2. The topological polar surface area (TPSA) is 95.9 Å². The highest BCUT2D eigenvalue weighted by molar-refractivity contribution is 5.76. The fraction of sp³-hybridized carbons (Fsp3) is 0.868. The average molecular weight is 1150 g/mol. The first-order chi connectivity index (χ1) is 40.5. The minimum Gasteiger partial charge on any atom is -0.466 e. The Morgan fingerprint density at radius 3 is 0.939 bits per heavy atom. The standard InChI is InChI=1S/C76H143NO5/c1-3-5-7-9-11-13-15-17-19-21-33-37-40-44-48-52-56-60-64-68-74(79)73(72-78)77-75(80)69-65-61-57-53-49-45-41-38-34-31-29-27-25-23-22-24-26-28-30-32-35-39-43-47-51-55-59-63-67-71-82-76(81)70-66-62-58-54-50-46-42-36-20-18-16-14-12-10-8-6-4-2/h18,20,22,24,28,30,64,68,73-74,78-79H,3-17,19,21,23,25-27,29,31-63,65-67,69-72H2,1-2H3,(H,77,80)/b20-18-,24-22-,30-28-,68-64+. The average Bonchev–Trinajstić information content (AvgIpc) is 3.48. The highest BCUT2D eigenvalue weighted by atomic mass is 16.5. The Labute approximate surface area is 512 Å². The van der Waals surface area contributed by atoms with E-state index in [2.05, 4.69) is 55.6 Å². The Morgan fingerprint density at radius 2 is 0.610 bits per heavy atom. The largest absolute Gasteiger partial charge is 0.466 e. The molecule has 482 valence electrons. The second-order valence-corrected chi connectivity index (χ2v) is 25.3. The summed E-state index contributed by atoms with van der Waals surface area (Å²) in [5.74, 6) is -0.0574. The highest BCUT2D eigenvalue weighted by Crippen LogP contribution is 2.18. The minimum atomic E-state index is -0.847. The number of hydrogen-bond acceptors (Lipinski definition) is 5. The molecule has 0 aliphatic heterocycles. The monoisotopic (exact) mass is 1150 g/mol. The van der Waals surface area contributed by atoms with Gasteiger partial charge in [0.05, 0.1) is 25.4 Å². The van der Waals surface area contributed by atoms with Crippen molar-refractivity contribution in [2.45, 2.75) is 411 Å². The zero-order valence-electron chi connectivity index (χ0n) is 55.2. The number of nitrogens with one attached hydrogen (secondary N) is 1. The number of aliphatic hydroxyl groups excluding tert-OH is 2. The van der Waals surface area contributed by atoms with Crippen LogP contribution in [-0.4, -0.2) is 47.4 Å². The van der Waals surface area contributed by atoms with Crippen molar-refractivity contribution in [1.82, 2.24) is 5.32 Å². The van der Waals surface area contributed by atoms with Crippen molar-refractivity contribution in [3.63, 3.8) is 0 Å². The van der Waals surface area contributed by atoms with Crippen LogP contribution in [0.4, 0.5) is 0 Å². The van der Waals surface area contributed by atoms with Crippen molar-refractivity contribution in [2.24, 2.45) is 0 Å². The molecule has 3 N–H and O–H groups in total. The molecule has 2 atom stereocenters. The summed E-state index contributed by atoms with van der Waals surface area (Å²) in [5.41, 5.74) is 0. The predicted molar refractivity (Wildman–Crippen MR) is 361 cm³/mol. The van der Waals surface area contributed by atoms with Gasteiger partial charge in [-0.25, -0.2) is 0 Å². The summed E-state index contributed by atoms with van der Waals surface area (Å²) in [6, 6.07) is -0.630. The van der Waals surface area contributed by atoms with E-state index in [1.54, 1.807) is 6.08 Å². The summed E-state index contributed by atoms with van der Waals surface area (Å²) >= 11 is 0. The first-order valence-corrected chi connectivity index (χ1v) is 36.9. The van der Waals surface area contributed by atoms with Gasteiger partial charge >= 0.3 is 5.97 Å². The molecule has 1 amide bonds. The molecule has 2 unspecified atom stereocenters. The van der Waals surface area contributed by atoms with E-state index in [0.29, 0.717) is 19.4 Å². The third kappa shape index (κ3) is 67.0. The normalized spacial score (nSPS) is 12.8. The van der Waals surface area contributed by atoms with Gasteiger partial charge in [-0.3, -0.25) is 9.59 Å². The number of aliphatic hydroxyl groups is 2. The first kappa shape index (κ1) is 79.8. The van der Waals surface area contributed by atoms with E-state index < -0.39 is 12.1 Å². The summed E-state index contributed by atoms with van der Waals surface area (Å²) in [6.45, 7) is 4.93. The van der Waals surface area contributed by atoms with Crippen molar-refractivity contribution in [3.05, 3.63) is 48.6 Å². The van der Waals surface area contributed by atoms with Crippen LogP contribution in [0.3, 0.4) is 0 Å². The van der Waals surface area contributed by atoms with Gasteiger partial charge in [-0.05, 0) is 89.9 Å². The second kappa shape index (κ2) is 71.3.